The molecule has 0 radical (unpaired) electrons. The Morgan fingerprint density at radius 3 is 2.81 bits per heavy atom. The predicted octanol–water partition coefficient (Wildman–Crippen LogP) is 1.39. The molecule has 114 valence electrons. The van der Waals surface area contributed by atoms with Gasteiger partial charge in [0.25, 0.3) is 0 Å². The summed E-state index contributed by atoms with van der Waals surface area (Å²) in [6.45, 7) is 3.83. The smallest absolute Gasteiger partial charge is 0.356 e. The fraction of sp³-hybridized carbons (Fsp3) is 0.500. The number of carboxylic acid groups (broad SMARTS) is 1. The Labute approximate surface area is 123 Å². The van der Waals surface area contributed by atoms with Crippen LogP contribution < -0.4 is 10.6 Å². The molecule has 1 aliphatic heterocycles. The summed E-state index contributed by atoms with van der Waals surface area (Å²) in [6.07, 6.45) is 4.77. The molecular weight excluding hydrogens is 272 g/mol. The number of pyridine rings is 1. The summed E-state index contributed by atoms with van der Waals surface area (Å²) in [4.78, 5) is 28.8. The van der Waals surface area contributed by atoms with Crippen molar-refractivity contribution in [3.63, 3.8) is 0 Å². The predicted molar refractivity (Wildman–Crippen MR) is 78.5 cm³/mol. The monoisotopic (exact) mass is 292 g/mol. The van der Waals surface area contributed by atoms with Crippen molar-refractivity contribution in [3.8, 4) is 0 Å². The second kappa shape index (κ2) is 7.58. The number of hydrogen-bond acceptors (Lipinski definition) is 4. The summed E-state index contributed by atoms with van der Waals surface area (Å²) in [5.41, 5.74) is 0.0340. The highest BCUT2D eigenvalue weighted by Gasteiger charge is 2.13. The van der Waals surface area contributed by atoms with Gasteiger partial charge in [-0.2, -0.15) is 0 Å². The highest BCUT2D eigenvalue weighted by atomic mass is 16.4. The minimum absolute atomic E-state index is 0.162. The number of anilines is 1. The maximum absolute atomic E-state index is 11.7. The van der Waals surface area contributed by atoms with E-state index in [4.69, 9.17) is 5.11 Å². The van der Waals surface area contributed by atoms with Crippen molar-refractivity contribution in [2.24, 2.45) is 0 Å². The van der Waals surface area contributed by atoms with E-state index in [-0.39, 0.29) is 11.4 Å². The molecule has 0 atom stereocenters. The fourth-order valence-electron chi connectivity index (χ4n) is 2.35. The summed E-state index contributed by atoms with van der Waals surface area (Å²) in [5, 5.41) is 14.2. The van der Waals surface area contributed by atoms with E-state index in [1.54, 1.807) is 6.07 Å². The number of aromatic carboxylic acids is 1. The van der Waals surface area contributed by atoms with Gasteiger partial charge >= 0.3 is 12.0 Å². The van der Waals surface area contributed by atoms with Crippen LogP contribution >= 0.6 is 0 Å². The second-order valence-electron chi connectivity index (χ2n) is 4.99. The first kappa shape index (κ1) is 15.2. The number of carbonyl (C=O) groups is 2. The molecule has 2 amide bonds. The molecule has 0 saturated carbocycles. The van der Waals surface area contributed by atoms with Crippen LogP contribution in [0.5, 0.6) is 0 Å². The average molecular weight is 292 g/mol. The lowest BCUT2D eigenvalue weighted by Crippen LogP contribution is -2.32. The normalized spacial score (nSPS) is 14.9. The number of carboxylic acids is 1. The van der Waals surface area contributed by atoms with Crippen molar-refractivity contribution in [3.05, 3.63) is 24.0 Å². The van der Waals surface area contributed by atoms with Gasteiger partial charge in [0.2, 0.25) is 0 Å². The highest BCUT2D eigenvalue weighted by Crippen LogP contribution is 2.11. The van der Waals surface area contributed by atoms with E-state index in [1.165, 1.54) is 25.1 Å². The second-order valence-corrected chi connectivity index (χ2v) is 4.99. The van der Waals surface area contributed by atoms with E-state index in [2.05, 4.69) is 20.5 Å². The van der Waals surface area contributed by atoms with E-state index < -0.39 is 12.0 Å². The van der Waals surface area contributed by atoms with Gasteiger partial charge in [-0.3, -0.25) is 0 Å². The Morgan fingerprint density at radius 1 is 1.33 bits per heavy atom. The van der Waals surface area contributed by atoms with E-state index in [0.717, 1.165) is 26.1 Å². The minimum atomic E-state index is -1.17. The molecule has 0 bridgehead atoms. The van der Waals surface area contributed by atoms with Gasteiger partial charge in [-0.05, 0) is 51.0 Å². The topological polar surface area (TPSA) is 94.6 Å². The maximum Gasteiger partial charge on any atom is 0.356 e. The van der Waals surface area contributed by atoms with Gasteiger partial charge in [-0.15, -0.1) is 0 Å². The SMILES string of the molecule is O=C(NCCCN1CCCC1)Nc1cccnc1C(=O)O. The van der Waals surface area contributed by atoms with Crippen molar-refractivity contribution in [1.82, 2.24) is 15.2 Å². The lowest BCUT2D eigenvalue weighted by atomic mass is 10.3. The van der Waals surface area contributed by atoms with E-state index in [9.17, 15) is 9.59 Å². The quantitative estimate of drug-likeness (QED) is 0.689. The molecule has 1 aliphatic rings. The number of aromatic nitrogens is 1. The zero-order chi connectivity index (χ0) is 15.1. The third-order valence-electron chi connectivity index (χ3n) is 3.39. The first-order valence-electron chi connectivity index (χ1n) is 7.12. The third-order valence-corrected chi connectivity index (χ3v) is 3.39. The molecule has 7 heteroatoms. The number of carbonyl (C=O) groups excluding carboxylic acids is 1. The van der Waals surface area contributed by atoms with Crippen molar-refractivity contribution < 1.29 is 14.7 Å². The highest BCUT2D eigenvalue weighted by molar-refractivity contribution is 5.98. The van der Waals surface area contributed by atoms with E-state index >= 15 is 0 Å². The molecule has 2 rings (SSSR count). The Kier molecular flexibility index (Phi) is 5.51. The van der Waals surface area contributed by atoms with Gasteiger partial charge in [-0.25, -0.2) is 14.6 Å². The van der Waals surface area contributed by atoms with Crippen molar-refractivity contribution in [1.29, 1.82) is 0 Å². The summed E-state index contributed by atoms with van der Waals surface area (Å²) in [7, 11) is 0. The third kappa shape index (κ3) is 4.71. The molecule has 0 aromatic carbocycles. The van der Waals surface area contributed by atoms with Crippen molar-refractivity contribution in [2.45, 2.75) is 19.3 Å². The Hall–Kier alpha value is -2.15. The van der Waals surface area contributed by atoms with Crippen LogP contribution in [0.4, 0.5) is 10.5 Å². The molecule has 1 fully saturated rings. The zero-order valence-electron chi connectivity index (χ0n) is 11.8. The molecule has 0 aliphatic carbocycles. The first-order chi connectivity index (χ1) is 10.2. The largest absolute Gasteiger partial charge is 0.476 e. The van der Waals surface area contributed by atoms with Gasteiger partial charge in [-0.1, -0.05) is 0 Å². The maximum atomic E-state index is 11.7. The molecular formula is C14H20N4O3. The van der Waals surface area contributed by atoms with Crippen LogP contribution in [-0.4, -0.2) is 53.2 Å². The zero-order valence-corrected chi connectivity index (χ0v) is 11.8. The number of hydrogen-bond donors (Lipinski definition) is 3. The molecule has 2 heterocycles. The Bertz CT molecular complexity index is 501. The Morgan fingerprint density at radius 2 is 2.10 bits per heavy atom. The fourth-order valence-corrected chi connectivity index (χ4v) is 2.35. The van der Waals surface area contributed by atoms with Gasteiger partial charge in [0.05, 0.1) is 5.69 Å². The van der Waals surface area contributed by atoms with E-state index in [0.29, 0.717) is 6.54 Å². The van der Waals surface area contributed by atoms with Gasteiger partial charge < -0.3 is 20.6 Å². The number of urea groups is 1. The molecule has 0 spiro atoms. The van der Waals surface area contributed by atoms with Crippen LogP contribution in [0.2, 0.25) is 0 Å². The number of amides is 2. The lowest BCUT2D eigenvalue weighted by molar-refractivity contribution is 0.0691. The van der Waals surface area contributed by atoms with Crippen LogP contribution in [0.3, 0.4) is 0 Å². The number of likely N-dealkylation sites (tertiary alicyclic amines) is 1. The summed E-state index contributed by atoms with van der Waals surface area (Å²) in [6, 6.07) is 2.68. The van der Waals surface area contributed by atoms with Crippen LogP contribution in [-0.2, 0) is 0 Å². The number of rotatable bonds is 6. The summed E-state index contributed by atoms with van der Waals surface area (Å²) in [5.74, 6) is -1.17. The standard InChI is InChI=1S/C14H20N4O3/c19-13(20)12-11(5-3-6-15-12)17-14(21)16-7-4-10-18-8-1-2-9-18/h3,5-6H,1-2,4,7-10H2,(H,19,20)(H2,16,17,21). The molecule has 1 saturated heterocycles. The van der Waals surface area contributed by atoms with Gasteiger partial charge in [0.1, 0.15) is 0 Å². The number of nitrogens with zero attached hydrogens (tertiary/aromatic N) is 2. The minimum Gasteiger partial charge on any atom is -0.476 e. The number of nitrogens with one attached hydrogen (secondary N) is 2. The molecule has 0 unspecified atom stereocenters. The summed E-state index contributed by atoms with van der Waals surface area (Å²) < 4.78 is 0. The van der Waals surface area contributed by atoms with Crippen molar-refractivity contribution >= 4 is 17.7 Å². The molecule has 1 aromatic rings. The van der Waals surface area contributed by atoms with Gasteiger partial charge in [0, 0.05) is 12.7 Å². The summed E-state index contributed by atoms with van der Waals surface area (Å²) >= 11 is 0. The first-order valence-corrected chi connectivity index (χ1v) is 7.12. The van der Waals surface area contributed by atoms with Crippen LogP contribution in [0.25, 0.3) is 0 Å². The molecule has 1 aromatic heterocycles. The van der Waals surface area contributed by atoms with Crippen LogP contribution in [0.1, 0.15) is 29.8 Å². The van der Waals surface area contributed by atoms with E-state index in [1.807, 2.05) is 0 Å². The Balaban J connectivity index is 1.73. The lowest BCUT2D eigenvalue weighted by Gasteiger charge is -2.14. The van der Waals surface area contributed by atoms with Gasteiger partial charge in [0.15, 0.2) is 5.69 Å². The van der Waals surface area contributed by atoms with Crippen LogP contribution in [0, 0.1) is 0 Å². The average Bonchev–Trinajstić information content (AvgIpc) is 2.97. The van der Waals surface area contributed by atoms with Crippen LogP contribution in [0.15, 0.2) is 18.3 Å². The molecule has 21 heavy (non-hydrogen) atoms. The van der Waals surface area contributed by atoms with Crippen molar-refractivity contribution in [2.75, 3.05) is 31.5 Å². The molecule has 3 N–H and O–H groups in total. The molecule has 7 nitrogen and oxygen atoms in total.